The molecule has 190 valence electrons. The van der Waals surface area contributed by atoms with E-state index in [0.29, 0.717) is 58.3 Å². The predicted molar refractivity (Wildman–Crippen MR) is 129 cm³/mol. The Bertz CT molecular complexity index is 1560. The molecule has 0 fully saturated rings. The Morgan fingerprint density at radius 2 is 2.00 bits per heavy atom. The normalized spacial score (nSPS) is 14.7. The number of pyridine rings is 1. The molecule has 1 N–H and O–H groups in total. The highest BCUT2D eigenvalue weighted by atomic mass is 19.3. The van der Waals surface area contributed by atoms with Crippen LogP contribution in [-0.4, -0.2) is 49.2 Å². The van der Waals surface area contributed by atoms with Crippen LogP contribution in [-0.2, 0) is 19.5 Å². The average molecular weight is 509 g/mol. The molecule has 1 amide bonds. The van der Waals surface area contributed by atoms with Gasteiger partial charge in [-0.05, 0) is 25.1 Å². The number of amides is 1. The van der Waals surface area contributed by atoms with Crippen LogP contribution in [0, 0.1) is 12.7 Å². The van der Waals surface area contributed by atoms with Crippen molar-refractivity contribution < 1.29 is 22.7 Å². The molecule has 1 aromatic carbocycles. The van der Waals surface area contributed by atoms with Crippen LogP contribution in [0.25, 0.3) is 16.6 Å². The lowest BCUT2D eigenvalue weighted by molar-refractivity contribution is -0.0131. The van der Waals surface area contributed by atoms with Crippen LogP contribution in [0.3, 0.4) is 0 Å². The van der Waals surface area contributed by atoms with Gasteiger partial charge in [0.15, 0.2) is 5.69 Å². The highest BCUT2D eigenvalue weighted by Crippen LogP contribution is 2.35. The molecule has 0 aliphatic carbocycles. The summed E-state index contributed by atoms with van der Waals surface area (Å²) in [4.78, 5) is 27.9. The minimum atomic E-state index is -3.10. The van der Waals surface area contributed by atoms with Gasteiger partial charge in [-0.1, -0.05) is 6.07 Å². The summed E-state index contributed by atoms with van der Waals surface area (Å²) < 4.78 is 49.9. The summed E-state index contributed by atoms with van der Waals surface area (Å²) in [5.41, 5.74) is 4.23. The second-order valence-corrected chi connectivity index (χ2v) is 9.44. The lowest BCUT2D eigenvalue weighted by Crippen LogP contribution is -2.40. The van der Waals surface area contributed by atoms with Crippen LogP contribution in [0.4, 0.5) is 19.1 Å². The minimum Gasteiger partial charge on any atom is -0.493 e. The quantitative estimate of drug-likeness (QED) is 0.430. The van der Waals surface area contributed by atoms with Crippen molar-refractivity contribution in [2.24, 2.45) is 0 Å². The van der Waals surface area contributed by atoms with Crippen molar-refractivity contribution in [1.29, 1.82) is 0 Å². The van der Waals surface area contributed by atoms with Crippen LogP contribution >= 0.6 is 0 Å². The highest BCUT2D eigenvalue weighted by molar-refractivity contribution is 6.04. The number of hydrogen-bond donors (Lipinski definition) is 1. The van der Waals surface area contributed by atoms with E-state index in [1.807, 2.05) is 12.1 Å². The number of benzene rings is 1. The van der Waals surface area contributed by atoms with Gasteiger partial charge in [-0.3, -0.25) is 14.2 Å². The number of halogens is 3. The second-order valence-electron chi connectivity index (χ2n) is 9.44. The summed E-state index contributed by atoms with van der Waals surface area (Å²) >= 11 is 0. The number of aromatic nitrogens is 4. The number of alkyl halides is 2. The van der Waals surface area contributed by atoms with E-state index in [2.05, 4.69) is 20.3 Å². The molecule has 0 radical (unpaired) electrons. The monoisotopic (exact) mass is 508 g/mol. The minimum absolute atomic E-state index is 0.0381. The fourth-order valence-electron chi connectivity index (χ4n) is 5.02. The Balaban J connectivity index is 1.46. The molecule has 2 aliphatic rings. The molecular formula is C26H23F3N6O2. The number of aryl methyl sites for hydroxylation is 1. The highest BCUT2D eigenvalue weighted by Gasteiger charge is 2.34. The van der Waals surface area contributed by atoms with E-state index in [4.69, 9.17) is 4.74 Å². The first kappa shape index (κ1) is 23.3. The summed E-state index contributed by atoms with van der Waals surface area (Å²) in [6.07, 6.45) is 3.63. The molecule has 6 rings (SSSR count). The summed E-state index contributed by atoms with van der Waals surface area (Å²) in [6, 6.07) is 6.66. The van der Waals surface area contributed by atoms with E-state index in [0.717, 1.165) is 17.4 Å². The molecule has 4 aromatic rings. The molecule has 0 bridgehead atoms. The number of nitrogens with zero attached hydrogens (tertiary/aromatic N) is 5. The Labute approximate surface area is 210 Å². The van der Waals surface area contributed by atoms with Crippen LogP contribution < -0.4 is 10.1 Å². The van der Waals surface area contributed by atoms with Gasteiger partial charge in [0.25, 0.3) is 11.8 Å². The predicted octanol–water partition coefficient (Wildman–Crippen LogP) is 4.40. The van der Waals surface area contributed by atoms with Crippen LogP contribution in [0.15, 0.2) is 36.8 Å². The van der Waals surface area contributed by atoms with Gasteiger partial charge >= 0.3 is 0 Å². The number of nitrogens with one attached hydrogen (secondary N) is 1. The van der Waals surface area contributed by atoms with Crippen molar-refractivity contribution in [2.75, 3.05) is 18.5 Å². The van der Waals surface area contributed by atoms with E-state index < -0.39 is 18.4 Å². The lowest BCUT2D eigenvalue weighted by Gasteiger charge is -2.27. The molecular weight excluding hydrogens is 485 g/mol. The molecule has 2 aliphatic heterocycles. The third-order valence-electron chi connectivity index (χ3n) is 6.63. The van der Waals surface area contributed by atoms with E-state index in [1.54, 1.807) is 23.6 Å². The summed E-state index contributed by atoms with van der Waals surface area (Å²) in [5, 5.41) is 3.15. The first-order valence-corrected chi connectivity index (χ1v) is 11.9. The Morgan fingerprint density at radius 3 is 2.81 bits per heavy atom. The number of carbonyl (C=O) groups excluding carboxylic acids is 1. The SMILES string of the molecule is Cc1ccc2c(n1)CN(CC(C)(F)F)C(=O)c1ncn3c(NCc4c(F)ccc5c4CCO5)ncc-2c13. The van der Waals surface area contributed by atoms with E-state index >= 15 is 0 Å². The Hall–Kier alpha value is -4.15. The summed E-state index contributed by atoms with van der Waals surface area (Å²) in [7, 11) is 0. The number of ether oxygens (including phenoxy) is 1. The van der Waals surface area contributed by atoms with E-state index in [1.165, 1.54) is 12.4 Å². The van der Waals surface area contributed by atoms with Gasteiger partial charge in [0, 0.05) is 54.0 Å². The molecule has 0 atom stereocenters. The Kier molecular flexibility index (Phi) is 5.32. The zero-order valence-electron chi connectivity index (χ0n) is 20.2. The maximum absolute atomic E-state index is 14.7. The Morgan fingerprint density at radius 1 is 1.16 bits per heavy atom. The van der Waals surface area contributed by atoms with E-state index in [-0.39, 0.29) is 24.6 Å². The molecule has 3 aromatic heterocycles. The lowest BCUT2D eigenvalue weighted by atomic mass is 10.0. The maximum Gasteiger partial charge on any atom is 0.275 e. The van der Waals surface area contributed by atoms with E-state index in [9.17, 15) is 18.0 Å². The number of hydrogen-bond acceptors (Lipinski definition) is 6. The average Bonchev–Trinajstić information content (AvgIpc) is 3.49. The van der Waals surface area contributed by atoms with Crippen molar-refractivity contribution in [1.82, 2.24) is 24.3 Å². The molecule has 5 heterocycles. The molecule has 11 heteroatoms. The molecule has 37 heavy (non-hydrogen) atoms. The van der Waals surface area contributed by atoms with Crippen molar-refractivity contribution in [3.8, 4) is 16.9 Å². The number of carbonyl (C=O) groups is 1. The fraction of sp³-hybridized carbons (Fsp3) is 0.308. The number of imidazole rings is 1. The zero-order chi connectivity index (χ0) is 25.9. The zero-order valence-corrected chi connectivity index (χ0v) is 20.2. The largest absolute Gasteiger partial charge is 0.493 e. The third-order valence-corrected chi connectivity index (χ3v) is 6.63. The van der Waals surface area contributed by atoms with Gasteiger partial charge in [0.05, 0.1) is 30.9 Å². The van der Waals surface area contributed by atoms with Gasteiger partial charge in [0.2, 0.25) is 5.95 Å². The second kappa shape index (κ2) is 8.46. The molecule has 0 saturated carbocycles. The standard InChI is InChI=1S/C26H23F3N6O2/c1-14-3-4-15-18-10-31-25(30-9-17-16-7-8-37-21(16)6-5-19(17)27)35-13-32-22(23(18)35)24(36)34(11-20(15)33-14)12-26(2,28)29/h3-6,10,13H,7-9,11-12H2,1-2H3,(H,30,31). The van der Waals surface area contributed by atoms with Gasteiger partial charge in [-0.15, -0.1) is 0 Å². The van der Waals surface area contributed by atoms with Crippen molar-refractivity contribution in [3.63, 3.8) is 0 Å². The smallest absolute Gasteiger partial charge is 0.275 e. The van der Waals surface area contributed by atoms with Crippen molar-refractivity contribution in [2.45, 2.75) is 39.3 Å². The van der Waals surface area contributed by atoms with Crippen LogP contribution in [0.5, 0.6) is 5.75 Å². The molecule has 8 nitrogen and oxygen atoms in total. The number of anilines is 1. The van der Waals surface area contributed by atoms with Crippen LogP contribution in [0.1, 0.15) is 39.9 Å². The van der Waals surface area contributed by atoms with Crippen molar-refractivity contribution >= 4 is 17.4 Å². The maximum atomic E-state index is 14.7. The summed E-state index contributed by atoms with van der Waals surface area (Å²) in [5.74, 6) is -3.09. The third kappa shape index (κ3) is 4.04. The fourth-order valence-corrected chi connectivity index (χ4v) is 5.02. The molecule has 0 unspecified atom stereocenters. The van der Waals surface area contributed by atoms with Gasteiger partial charge in [-0.25, -0.2) is 23.1 Å². The topological polar surface area (TPSA) is 84.7 Å². The van der Waals surface area contributed by atoms with Gasteiger partial charge < -0.3 is 15.0 Å². The van der Waals surface area contributed by atoms with Gasteiger partial charge in [-0.2, -0.15) is 0 Å². The number of rotatable bonds is 5. The van der Waals surface area contributed by atoms with Gasteiger partial charge in [0.1, 0.15) is 17.9 Å². The molecule has 0 saturated heterocycles. The first-order chi connectivity index (χ1) is 17.7. The van der Waals surface area contributed by atoms with Crippen molar-refractivity contribution in [3.05, 3.63) is 70.8 Å². The first-order valence-electron chi connectivity index (χ1n) is 11.9. The van der Waals surface area contributed by atoms with Crippen LogP contribution in [0.2, 0.25) is 0 Å². The summed E-state index contributed by atoms with van der Waals surface area (Å²) in [6.45, 7) is 2.35. The number of fused-ring (bicyclic) bond motifs is 3. The molecule has 0 spiro atoms.